The van der Waals surface area contributed by atoms with E-state index >= 15 is 0 Å². The Hall–Kier alpha value is -2.63. The fraction of sp³-hybridized carbons (Fsp3) is 0.154. The van der Waals surface area contributed by atoms with Gasteiger partial charge in [-0.25, -0.2) is 9.78 Å². The van der Waals surface area contributed by atoms with Crippen molar-refractivity contribution in [1.29, 1.82) is 0 Å². The summed E-state index contributed by atoms with van der Waals surface area (Å²) in [5.41, 5.74) is 1.61. The van der Waals surface area contributed by atoms with Crippen LogP contribution in [-0.4, -0.2) is 28.2 Å². The average molecular weight is 259 g/mol. The molecule has 2 aromatic rings. The molecule has 0 bridgehead atoms. The second-order valence-corrected chi connectivity index (χ2v) is 3.79. The van der Waals surface area contributed by atoms with Crippen molar-refractivity contribution in [2.24, 2.45) is 0 Å². The van der Waals surface area contributed by atoms with Gasteiger partial charge in [0, 0.05) is 31.2 Å². The molecule has 98 valence electrons. The number of methoxy groups -OCH3 is 1. The van der Waals surface area contributed by atoms with E-state index in [4.69, 9.17) is 9.84 Å². The Labute approximate surface area is 110 Å². The number of hydrogen-bond acceptors (Lipinski definition) is 5. The molecule has 6 nitrogen and oxygen atoms in total. The third kappa shape index (κ3) is 3.19. The summed E-state index contributed by atoms with van der Waals surface area (Å²) in [6, 6.07) is 5.24. The number of nitrogens with zero attached hydrogens (tertiary/aromatic N) is 2. The summed E-state index contributed by atoms with van der Waals surface area (Å²) < 4.78 is 5.03. The van der Waals surface area contributed by atoms with E-state index in [1.54, 1.807) is 31.6 Å². The van der Waals surface area contributed by atoms with Crippen molar-refractivity contribution in [1.82, 2.24) is 9.97 Å². The highest BCUT2D eigenvalue weighted by molar-refractivity contribution is 5.93. The molecule has 0 aliphatic heterocycles. The number of pyridine rings is 2. The minimum Gasteiger partial charge on any atom is -0.481 e. The van der Waals surface area contributed by atoms with Gasteiger partial charge in [0.1, 0.15) is 5.56 Å². The molecule has 0 unspecified atom stereocenters. The lowest BCUT2D eigenvalue weighted by Crippen LogP contribution is -2.07. The number of carbonyl (C=O) groups is 1. The maximum atomic E-state index is 11.0. The molecule has 6 heteroatoms. The van der Waals surface area contributed by atoms with Crippen LogP contribution in [0.4, 0.5) is 5.69 Å². The van der Waals surface area contributed by atoms with Crippen LogP contribution in [-0.2, 0) is 6.54 Å². The standard InChI is InChI=1S/C13H13N3O3/c1-19-12-6-9(2-5-15-12)7-16-11-3-4-14-8-10(11)13(17)18/h2-6,8H,7H2,1H3,(H,14,16)(H,17,18). The minimum atomic E-state index is -1.01. The Kier molecular flexibility index (Phi) is 3.92. The Morgan fingerprint density at radius 1 is 1.42 bits per heavy atom. The topological polar surface area (TPSA) is 84.3 Å². The zero-order chi connectivity index (χ0) is 13.7. The van der Waals surface area contributed by atoms with Gasteiger partial charge >= 0.3 is 5.97 Å². The van der Waals surface area contributed by atoms with Crippen molar-refractivity contribution >= 4 is 11.7 Å². The number of aromatic nitrogens is 2. The van der Waals surface area contributed by atoms with Crippen molar-refractivity contribution in [3.63, 3.8) is 0 Å². The zero-order valence-electron chi connectivity index (χ0n) is 10.3. The van der Waals surface area contributed by atoms with E-state index in [1.165, 1.54) is 6.20 Å². The van der Waals surface area contributed by atoms with Gasteiger partial charge in [-0.1, -0.05) is 0 Å². The van der Waals surface area contributed by atoms with E-state index in [9.17, 15) is 4.79 Å². The maximum Gasteiger partial charge on any atom is 0.339 e. The molecule has 0 aliphatic carbocycles. The van der Waals surface area contributed by atoms with E-state index in [0.29, 0.717) is 18.1 Å². The van der Waals surface area contributed by atoms with Crippen LogP contribution >= 0.6 is 0 Å². The molecule has 0 fully saturated rings. The lowest BCUT2D eigenvalue weighted by atomic mass is 10.2. The summed E-state index contributed by atoms with van der Waals surface area (Å²) >= 11 is 0. The predicted octanol–water partition coefficient (Wildman–Crippen LogP) is 1.80. The number of aromatic carboxylic acids is 1. The molecule has 0 radical (unpaired) electrons. The smallest absolute Gasteiger partial charge is 0.339 e. The lowest BCUT2D eigenvalue weighted by molar-refractivity contribution is 0.0697. The van der Waals surface area contributed by atoms with Crippen molar-refractivity contribution in [2.75, 3.05) is 12.4 Å². The number of carboxylic acid groups (broad SMARTS) is 1. The Bertz CT molecular complexity index is 587. The molecular weight excluding hydrogens is 246 g/mol. The van der Waals surface area contributed by atoms with Crippen molar-refractivity contribution < 1.29 is 14.6 Å². The summed E-state index contributed by atoms with van der Waals surface area (Å²) in [5, 5.41) is 12.1. The molecule has 2 aromatic heterocycles. The lowest BCUT2D eigenvalue weighted by Gasteiger charge is -2.09. The fourth-order valence-corrected chi connectivity index (χ4v) is 1.59. The average Bonchev–Trinajstić information content (AvgIpc) is 2.45. The number of carboxylic acids is 1. The van der Waals surface area contributed by atoms with Crippen LogP contribution in [0.3, 0.4) is 0 Å². The molecule has 19 heavy (non-hydrogen) atoms. The van der Waals surface area contributed by atoms with Crippen LogP contribution in [0.2, 0.25) is 0 Å². The first-order valence-electron chi connectivity index (χ1n) is 5.61. The largest absolute Gasteiger partial charge is 0.481 e. The monoisotopic (exact) mass is 259 g/mol. The SMILES string of the molecule is COc1cc(CNc2ccncc2C(=O)O)ccn1. The van der Waals surface area contributed by atoms with Crippen molar-refractivity contribution in [3.05, 3.63) is 47.9 Å². The van der Waals surface area contributed by atoms with Gasteiger partial charge in [-0.2, -0.15) is 0 Å². The van der Waals surface area contributed by atoms with Gasteiger partial charge in [0.05, 0.1) is 12.8 Å². The molecule has 2 N–H and O–H groups in total. The second kappa shape index (κ2) is 5.81. The summed E-state index contributed by atoms with van der Waals surface area (Å²) in [6.45, 7) is 0.475. The van der Waals surface area contributed by atoms with E-state index in [0.717, 1.165) is 5.56 Å². The van der Waals surface area contributed by atoms with Crippen LogP contribution in [0.25, 0.3) is 0 Å². The van der Waals surface area contributed by atoms with Crippen LogP contribution < -0.4 is 10.1 Å². The summed E-state index contributed by atoms with van der Waals surface area (Å²) in [6.07, 6.45) is 4.50. The van der Waals surface area contributed by atoms with Gasteiger partial charge in [-0.05, 0) is 17.7 Å². The van der Waals surface area contributed by atoms with Gasteiger partial charge in [0.2, 0.25) is 5.88 Å². The number of anilines is 1. The highest BCUT2D eigenvalue weighted by atomic mass is 16.5. The van der Waals surface area contributed by atoms with Crippen LogP contribution in [0.15, 0.2) is 36.8 Å². The molecular formula is C13H13N3O3. The third-order valence-corrected chi connectivity index (χ3v) is 2.54. The summed E-state index contributed by atoms with van der Waals surface area (Å²) in [7, 11) is 1.55. The molecule has 0 saturated heterocycles. The quantitative estimate of drug-likeness (QED) is 0.851. The first-order chi connectivity index (χ1) is 9.20. The Morgan fingerprint density at radius 2 is 2.26 bits per heavy atom. The number of hydrogen-bond donors (Lipinski definition) is 2. The van der Waals surface area contributed by atoms with Crippen molar-refractivity contribution in [3.8, 4) is 5.88 Å². The molecule has 0 spiro atoms. The van der Waals surface area contributed by atoms with E-state index in [1.807, 2.05) is 6.07 Å². The first-order valence-corrected chi connectivity index (χ1v) is 5.61. The van der Waals surface area contributed by atoms with Gasteiger partial charge in [0.15, 0.2) is 0 Å². The van der Waals surface area contributed by atoms with E-state index in [-0.39, 0.29) is 5.56 Å². The number of rotatable bonds is 5. The normalized spacial score (nSPS) is 9.95. The maximum absolute atomic E-state index is 11.0. The second-order valence-electron chi connectivity index (χ2n) is 3.79. The Morgan fingerprint density at radius 3 is 3.00 bits per heavy atom. The predicted molar refractivity (Wildman–Crippen MR) is 69.3 cm³/mol. The van der Waals surface area contributed by atoms with Gasteiger partial charge < -0.3 is 15.2 Å². The Balaban J connectivity index is 2.12. The molecule has 2 rings (SSSR count). The van der Waals surface area contributed by atoms with Crippen LogP contribution in [0.1, 0.15) is 15.9 Å². The van der Waals surface area contributed by atoms with E-state index < -0.39 is 5.97 Å². The number of ether oxygens (including phenoxy) is 1. The third-order valence-electron chi connectivity index (χ3n) is 2.54. The molecule has 0 aromatic carbocycles. The van der Waals surface area contributed by atoms with Crippen LogP contribution in [0.5, 0.6) is 5.88 Å². The molecule has 0 aliphatic rings. The van der Waals surface area contributed by atoms with E-state index in [2.05, 4.69) is 15.3 Å². The fourth-order valence-electron chi connectivity index (χ4n) is 1.59. The van der Waals surface area contributed by atoms with Gasteiger partial charge in [-0.3, -0.25) is 4.98 Å². The first kappa shape index (κ1) is 12.8. The minimum absolute atomic E-state index is 0.142. The highest BCUT2D eigenvalue weighted by Crippen LogP contribution is 2.16. The summed E-state index contributed by atoms with van der Waals surface area (Å²) in [5.74, 6) is -0.490. The van der Waals surface area contributed by atoms with Gasteiger partial charge in [0.25, 0.3) is 0 Å². The highest BCUT2D eigenvalue weighted by Gasteiger charge is 2.09. The molecule has 0 saturated carbocycles. The zero-order valence-corrected chi connectivity index (χ0v) is 10.3. The van der Waals surface area contributed by atoms with Crippen LogP contribution in [0, 0.1) is 0 Å². The molecule has 2 heterocycles. The summed E-state index contributed by atoms with van der Waals surface area (Å²) in [4.78, 5) is 18.8. The molecule has 0 atom stereocenters. The van der Waals surface area contributed by atoms with Gasteiger partial charge in [-0.15, -0.1) is 0 Å². The molecule has 0 amide bonds. The number of nitrogens with one attached hydrogen (secondary N) is 1. The van der Waals surface area contributed by atoms with Crippen molar-refractivity contribution in [2.45, 2.75) is 6.54 Å².